The summed E-state index contributed by atoms with van der Waals surface area (Å²) in [5, 5.41) is 13.0. The number of nitrogens with one attached hydrogen (secondary N) is 1. The molecule has 2 rings (SSSR count). The highest BCUT2D eigenvalue weighted by molar-refractivity contribution is 5.08. The molecule has 1 N–H and O–H groups in total. The SMILES string of the molecule is CC1CCCN(C(C)CC(C)(C#N)NC2CC2)C1C. The largest absolute Gasteiger partial charge is 0.298 e. The van der Waals surface area contributed by atoms with Crippen molar-refractivity contribution >= 4 is 0 Å². The minimum absolute atomic E-state index is 0.360. The van der Waals surface area contributed by atoms with E-state index in [9.17, 15) is 5.26 Å². The quantitative estimate of drug-likeness (QED) is 0.829. The molecule has 19 heavy (non-hydrogen) atoms. The molecule has 0 aromatic heterocycles. The van der Waals surface area contributed by atoms with Gasteiger partial charge in [0, 0.05) is 18.1 Å². The third-order valence-corrected chi connectivity index (χ3v) is 5.04. The predicted octanol–water partition coefficient (Wildman–Crippen LogP) is 2.92. The van der Waals surface area contributed by atoms with Crippen LogP contribution < -0.4 is 5.32 Å². The molecule has 0 spiro atoms. The zero-order valence-electron chi connectivity index (χ0n) is 12.9. The second kappa shape index (κ2) is 5.81. The van der Waals surface area contributed by atoms with Gasteiger partial charge in [0.1, 0.15) is 5.54 Å². The van der Waals surface area contributed by atoms with Gasteiger partial charge in [0.15, 0.2) is 0 Å². The molecule has 0 aromatic rings. The fraction of sp³-hybridized carbons (Fsp3) is 0.938. The fourth-order valence-corrected chi connectivity index (χ4v) is 3.51. The molecule has 1 saturated heterocycles. The van der Waals surface area contributed by atoms with Crippen LogP contribution in [0.2, 0.25) is 0 Å². The number of hydrogen-bond donors (Lipinski definition) is 1. The highest BCUT2D eigenvalue weighted by Crippen LogP contribution is 2.29. The number of piperidine rings is 1. The molecule has 4 unspecified atom stereocenters. The summed E-state index contributed by atoms with van der Waals surface area (Å²) in [6.45, 7) is 10.3. The molecule has 2 aliphatic rings. The Balaban J connectivity index is 1.94. The van der Waals surface area contributed by atoms with Crippen molar-refractivity contribution < 1.29 is 0 Å². The van der Waals surface area contributed by atoms with Crippen molar-refractivity contribution in [2.24, 2.45) is 5.92 Å². The Kier molecular flexibility index (Phi) is 4.53. The summed E-state index contributed by atoms with van der Waals surface area (Å²) >= 11 is 0. The first-order chi connectivity index (χ1) is 8.95. The molecule has 0 amide bonds. The lowest BCUT2D eigenvalue weighted by Gasteiger charge is -2.43. The van der Waals surface area contributed by atoms with E-state index in [0.717, 1.165) is 12.3 Å². The van der Waals surface area contributed by atoms with E-state index in [0.29, 0.717) is 18.1 Å². The van der Waals surface area contributed by atoms with Crippen molar-refractivity contribution in [2.75, 3.05) is 6.54 Å². The van der Waals surface area contributed by atoms with Gasteiger partial charge in [0.05, 0.1) is 6.07 Å². The highest BCUT2D eigenvalue weighted by Gasteiger charge is 2.36. The minimum Gasteiger partial charge on any atom is -0.298 e. The predicted molar refractivity (Wildman–Crippen MR) is 78.8 cm³/mol. The van der Waals surface area contributed by atoms with E-state index in [1.807, 2.05) is 0 Å². The smallest absolute Gasteiger partial charge is 0.105 e. The molecular formula is C16H29N3. The number of rotatable bonds is 5. The molecule has 1 heterocycles. The number of nitriles is 1. The van der Waals surface area contributed by atoms with E-state index in [2.05, 4.69) is 44.0 Å². The Morgan fingerprint density at radius 3 is 2.63 bits per heavy atom. The van der Waals surface area contributed by atoms with E-state index in [1.165, 1.54) is 32.2 Å². The summed E-state index contributed by atoms with van der Waals surface area (Å²) in [6.07, 6.45) is 6.05. The van der Waals surface area contributed by atoms with Crippen LogP contribution in [0.15, 0.2) is 0 Å². The monoisotopic (exact) mass is 263 g/mol. The standard InChI is InChI=1S/C16H29N3/c1-12-6-5-9-19(14(12)3)13(2)10-16(4,11-17)18-15-7-8-15/h12-15,18H,5-10H2,1-4H3. The summed E-state index contributed by atoms with van der Waals surface area (Å²) < 4.78 is 0. The van der Waals surface area contributed by atoms with Crippen molar-refractivity contribution in [1.82, 2.24) is 10.2 Å². The van der Waals surface area contributed by atoms with Crippen LogP contribution in [0.3, 0.4) is 0 Å². The summed E-state index contributed by atoms with van der Waals surface area (Å²) in [6, 6.07) is 4.23. The summed E-state index contributed by atoms with van der Waals surface area (Å²) in [7, 11) is 0. The van der Waals surface area contributed by atoms with Crippen molar-refractivity contribution in [3.8, 4) is 6.07 Å². The van der Waals surface area contributed by atoms with Crippen molar-refractivity contribution in [3.05, 3.63) is 0 Å². The van der Waals surface area contributed by atoms with Crippen LogP contribution in [0.1, 0.15) is 59.8 Å². The van der Waals surface area contributed by atoms with Gasteiger partial charge in [-0.15, -0.1) is 0 Å². The van der Waals surface area contributed by atoms with Gasteiger partial charge < -0.3 is 0 Å². The number of nitrogens with zero attached hydrogens (tertiary/aromatic N) is 2. The maximum Gasteiger partial charge on any atom is 0.105 e. The van der Waals surface area contributed by atoms with Crippen LogP contribution in [-0.4, -0.2) is 35.1 Å². The Morgan fingerprint density at radius 1 is 1.37 bits per heavy atom. The summed E-state index contributed by atoms with van der Waals surface area (Å²) in [5.41, 5.74) is -0.360. The van der Waals surface area contributed by atoms with Gasteiger partial charge in [-0.2, -0.15) is 5.26 Å². The lowest BCUT2D eigenvalue weighted by molar-refractivity contribution is 0.0631. The number of hydrogen-bond acceptors (Lipinski definition) is 3. The van der Waals surface area contributed by atoms with E-state index in [4.69, 9.17) is 0 Å². The lowest BCUT2D eigenvalue weighted by atomic mass is 9.87. The third-order valence-electron chi connectivity index (χ3n) is 5.04. The molecular weight excluding hydrogens is 234 g/mol. The highest BCUT2D eigenvalue weighted by atomic mass is 15.2. The van der Waals surface area contributed by atoms with Crippen molar-refractivity contribution in [2.45, 2.75) is 83.5 Å². The van der Waals surface area contributed by atoms with Gasteiger partial charge in [-0.3, -0.25) is 10.2 Å². The van der Waals surface area contributed by atoms with Gasteiger partial charge in [-0.05, 0) is 65.3 Å². The third kappa shape index (κ3) is 3.70. The second-order valence-electron chi connectivity index (χ2n) is 7.01. The average Bonchev–Trinajstić information content (AvgIpc) is 3.16. The first-order valence-corrected chi connectivity index (χ1v) is 7.90. The van der Waals surface area contributed by atoms with E-state index < -0.39 is 0 Å². The Bertz CT molecular complexity index is 344. The van der Waals surface area contributed by atoms with Gasteiger partial charge in [0.2, 0.25) is 0 Å². The van der Waals surface area contributed by atoms with Crippen LogP contribution in [-0.2, 0) is 0 Å². The molecule has 3 heteroatoms. The molecule has 0 aromatic carbocycles. The van der Waals surface area contributed by atoms with Crippen molar-refractivity contribution in [1.29, 1.82) is 5.26 Å². The van der Waals surface area contributed by atoms with Crippen LogP contribution in [0, 0.1) is 17.2 Å². The fourth-order valence-electron chi connectivity index (χ4n) is 3.51. The van der Waals surface area contributed by atoms with Crippen molar-refractivity contribution in [3.63, 3.8) is 0 Å². The Morgan fingerprint density at radius 2 is 2.05 bits per heavy atom. The summed E-state index contributed by atoms with van der Waals surface area (Å²) in [4.78, 5) is 2.61. The minimum atomic E-state index is -0.360. The van der Waals surface area contributed by atoms with E-state index >= 15 is 0 Å². The van der Waals surface area contributed by atoms with Crippen LogP contribution in [0.5, 0.6) is 0 Å². The first-order valence-electron chi connectivity index (χ1n) is 7.90. The normalized spacial score (nSPS) is 33.4. The Hall–Kier alpha value is -0.590. The molecule has 1 aliphatic carbocycles. The van der Waals surface area contributed by atoms with E-state index in [1.54, 1.807) is 0 Å². The summed E-state index contributed by atoms with van der Waals surface area (Å²) in [5.74, 6) is 0.779. The maximum atomic E-state index is 9.50. The zero-order chi connectivity index (χ0) is 14.0. The molecule has 108 valence electrons. The molecule has 3 nitrogen and oxygen atoms in total. The molecule has 4 atom stereocenters. The van der Waals surface area contributed by atoms with Gasteiger partial charge in [-0.25, -0.2) is 0 Å². The topological polar surface area (TPSA) is 39.1 Å². The van der Waals surface area contributed by atoms with Gasteiger partial charge >= 0.3 is 0 Å². The van der Waals surface area contributed by atoms with Crippen LogP contribution in [0.25, 0.3) is 0 Å². The molecule has 0 radical (unpaired) electrons. The lowest BCUT2D eigenvalue weighted by Crippen LogP contribution is -2.52. The molecule has 0 bridgehead atoms. The maximum absolute atomic E-state index is 9.50. The zero-order valence-corrected chi connectivity index (χ0v) is 12.9. The second-order valence-corrected chi connectivity index (χ2v) is 7.01. The van der Waals surface area contributed by atoms with Crippen LogP contribution >= 0.6 is 0 Å². The molecule has 1 aliphatic heterocycles. The average molecular weight is 263 g/mol. The van der Waals surface area contributed by atoms with Gasteiger partial charge in [0.25, 0.3) is 0 Å². The number of likely N-dealkylation sites (tertiary alicyclic amines) is 1. The molecule has 2 fully saturated rings. The Labute approximate surface area is 118 Å². The van der Waals surface area contributed by atoms with Gasteiger partial charge in [-0.1, -0.05) is 6.92 Å². The first kappa shape index (κ1) is 14.8. The van der Waals surface area contributed by atoms with E-state index in [-0.39, 0.29) is 5.54 Å². The van der Waals surface area contributed by atoms with Crippen LogP contribution in [0.4, 0.5) is 0 Å². The molecule has 1 saturated carbocycles.